The molecule has 0 fully saturated rings. The number of fused-ring (bicyclic) bond motifs is 1. The maximum atomic E-state index is 11.8. The van der Waals surface area contributed by atoms with Crippen LogP contribution in [0.25, 0.3) is 0 Å². The second-order valence-electron chi connectivity index (χ2n) is 4.00. The predicted octanol–water partition coefficient (Wildman–Crippen LogP) is 1.87. The standard InChI is InChI=1S/C12H14N2O3S/c1-18-6-5-9-11(15)14-8-4-2-3-7(12(16)17)10(8)13-9/h2-4,9,13H,5-6H2,1H3,(H,14,15)(H,16,17). The summed E-state index contributed by atoms with van der Waals surface area (Å²) in [6.45, 7) is 0. The molecule has 1 heterocycles. The fraction of sp³-hybridized carbons (Fsp3) is 0.333. The van der Waals surface area contributed by atoms with Gasteiger partial charge in [0.15, 0.2) is 0 Å². The van der Waals surface area contributed by atoms with Crippen molar-refractivity contribution in [2.45, 2.75) is 12.5 Å². The summed E-state index contributed by atoms with van der Waals surface area (Å²) in [6, 6.07) is 4.46. The first-order chi connectivity index (χ1) is 8.63. The zero-order valence-electron chi connectivity index (χ0n) is 9.90. The number of benzene rings is 1. The number of carbonyl (C=O) groups is 2. The van der Waals surface area contributed by atoms with Crippen molar-refractivity contribution < 1.29 is 14.7 Å². The molecule has 1 amide bonds. The highest BCUT2D eigenvalue weighted by Crippen LogP contribution is 2.31. The molecule has 1 atom stereocenters. The second-order valence-corrected chi connectivity index (χ2v) is 4.99. The third kappa shape index (κ3) is 2.43. The zero-order chi connectivity index (χ0) is 13.1. The monoisotopic (exact) mass is 266 g/mol. The van der Waals surface area contributed by atoms with Gasteiger partial charge in [-0.2, -0.15) is 11.8 Å². The molecule has 0 radical (unpaired) electrons. The third-order valence-corrected chi connectivity index (χ3v) is 3.44. The van der Waals surface area contributed by atoms with E-state index in [1.807, 2.05) is 6.26 Å². The van der Waals surface area contributed by atoms with E-state index in [1.165, 1.54) is 6.07 Å². The average molecular weight is 266 g/mol. The number of amides is 1. The molecule has 0 saturated heterocycles. The van der Waals surface area contributed by atoms with E-state index in [1.54, 1.807) is 23.9 Å². The van der Waals surface area contributed by atoms with Crippen molar-refractivity contribution in [1.29, 1.82) is 0 Å². The lowest BCUT2D eigenvalue weighted by atomic mass is 10.1. The summed E-state index contributed by atoms with van der Waals surface area (Å²) in [5.41, 5.74) is 1.21. The number of carboxylic acids is 1. The summed E-state index contributed by atoms with van der Waals surface area (Å²) >= 11 is 1.65. The minimum absolute atomic E-state index is 0.112. The number of para-hydroxylation sites is 1. The molecule has 18 heavy (non-hydrogen) atoms. The van der Waals surface area contributed by atoms with Gasteiger partial charge in [0.1, 0.15) is 6.04 Å². The van der Waals surface area contributed by atoms with Crippen LogP contribution in [-0.2, 0) is 4.79 Å². The number of rotatable bonds is 4. The molecule has 3 N–H and O–H groups in total. The fourth-order valence-electron chi connectivity index (χ4n) is 1.89. The topological polar surface area (TPSA) is 78.4 Å². The third-order valence-electron chi connectivity index (χ3n) is 2.80. The summed E-state index contributed by atoms with van der Waals surface area (Å²) in [5.74, 6) is -0.270. The second kappa shape index (κ2) is 5.30. The predicted molar refractivity (Wildman–Crippen MR) is 72.4 cm³/mol. The van der Waals surface area contributed by atoms with E-state index in [0.717, 1.165) is 5.75 Å². The van der Waals surface area contributed by atoms with E-state index in [4.69, 9.17) is 5.11 Å². The maximum absolute atomic E-state index is 11.8. The molecule has 1 aromatic rings. The lowest BCUT2D eigenvalue weighted by Crippen LogP contribution is -2.39. The molecule has 6 heteroatoms. The number of hydrogen-bond acceptors (Lipinski definition) is 4. The van der Waals surface area contributed by atoms with Crippen LogP contribution in [-0.4, -0.2) is 35.0 Å². The Bertz CT molecular complexity index is 490. The van der Waals surface area contributed by atoms with E-state index in [-0.39, 0.29) is 17.5 Å². The Kier molecular flexibility index (Phi) is 3.76. The minimum atomic E-state index is -1.00. The van der Waals surface area contributed by atoms with Crippen LogP contribution in [0.2, 0.25) is 0 Å². The number of thioether (sulfide) groups is 1. The van der Waals surface area contributed by atoms with Crippen LogP contribution >= 0.6 is 11.8 Å². The zero-order valence-corrected chi connectivity index (χ0v) is 10.7. The number of aromatic carboxylic acids is 1. The van der Waals surface area contributed by atoms with Crippen molar-refractivity contribution in [3.05, 3.63) is 23.8 Å². The van der Waals surface area contributed by atoms with Crippen molar-refractivity contribution in [2.24, 2.45) is 0 Å². The molecule has 0 bridgehead atoms. The summed E-state index contributed by atoms with van der Waals surface area (Å²) in [7, 11) is 0. The van der Waals surface area contributed by atoms with Crippen LogP contribution in [0.15, 0.2) is 18.2 Å². The molecular formula is C12H14N2O3S. The molecule has 0 aromatic heterocycles. The van der Waals surface area contributed by atoms with Crippen LogP contribution in [0.5, 0.6) is 0 Å². The van der Waals surface area contributed by atoms with Crippen LogP contribution in [0.4, 0.5) is 11.4 Å². The molecule has 5 nitrogen and oxygen atoms in total. The van der Waals surface area contributed by atoms with Gasteiger partial charge in [-0.3, -0.25) is 4.79 Å². The molecule has 1 unspecified atom stereocenters. The highest BCUT2D eigenvalue weighted by Gasteiger charge is 2.27. The SMILES string of the molecule is CSCCC1Nc2c(cccc2C(=O)O)NC1=O. The number of anilines is 2. The van der Waals surface area contributed by atoms with Gasteiger partial charge in [0.05, 0.1) is 16.9 Å². The quantitative estimate of drug-likeness (QED) is 0.775. The normalized spacial score (nSPS) is 17.6. The van der Waals surface area contributed by atoms with Gasteiger partial charge in [0, 0.05) is 0 Å². The van der Waals surface area contributed by atoms with Gasteiger partial charge in [-0.15, -0.1) is 0 Å². The van der Waals surface area contributed by atoms with Gasteiger partial charge in [-0.05, 0) is 30.6 Å². The van der Waals surface area contributed by atoms with Crippen LogP contribution in [0.1, 0.15) is 16.8 Å². The van der Waals surface area contributed by atoms with Gasteiger partial charge in [0.25, 0.3) is 0 Å². The average Bonchev–Trinajstić information content (AvgIpc) is 2.35. The fourth-order valence-corrected chi connectivity index (χ4v) is 2.36. The van der Waals surface area contributed by atoms with Gasteiger partial charge < -0.3 is 15.7 Å². The molecule has 1 aromatic carbocycles. The van der Waals surface area contributed by atoms with Crippen molar-refractivity contribution in [3.8, 4) is 0 Å². The molecule has 0 saturated carbocycles. The highest BCUT2D eigenvalue weighted by atomic mass is 32.2. The van der Waals surface area contributed by atoms with Crippen LogP contribution in [0, 0.1) is 0 Å². The number of nitrogens with one attached hydrogen (secondary N) is 2. The minimum Gasteiger partial charge on any atom is -0.478 e. The van der Waals surface area contributed by atoms with E-state index in [0.29, 0.717) is 17.8 Å². The Labute approximate surface area is 109 Å². The molecule has 1 aliphatic rings. The van der Waals surface area contributed by atoms with Crippen LogP contribution < -0.4 is 10.6 Å². The van der Waals surface area contributed by atoms with Gasteiger partial charge in [-0.1, -0.05) is 6.07 Å². The van der Waals surface area contributed by atoms with Crippen molar-refractivity contribution in [1.82, 2.24) is 0 Å². The highest BCUT2D eigenvalue weighted by molar-refractivity contribution is 7.98. The first-order valence-electron chi connectivity index (χ1n) is 5.56. The van der Waals surface area contributed by atoms with Gasteiger partial charge >= 0.3 is 5.97 Å². The number of carbonyl (C=O) groups excluding carboxylic acids is 1. The van der Waals surface area contributed by atoms with E-state index >= 15 is 0 Å². The first kappa shape index (κ1) is 12.8. The number of carboxylic acid groups (broad SMARTS) is 1. The number of hydrogen-bond donors (Lipinski definition) is 3. The molecule has 96 valence electrons. The molecule has 1 aliphatic heterocycles. The Morgan fingerprint density at radius 2 is 2.28 bits per heavy atom. The Morgan fingerprint density at radius 3 is 2.94 bits per heavy atom. The molecule has 0 aliphatic carbocycles. The summed E-state index contributed by atoms with van der Waals surface area (Å²) in [5, 5.41) is 14.9. The lowest BCUT2D eigenvalue weighted by Gasteiger charge is -2.27. The first-order valence-corrected chi connectivity index (χ1v) is 6.95. The van der Waals surface area contributed by atoms with E-state index < -0.39 is 5.97 Å². The largest absolute Gasteiger partial charge is 0.478 e. The summed E-state index contributed by atoms with van der Waals surface area (Å²) in [6.07, 6.45) is 2.64. The van der Waals surface area contributed by atoms with Crippen molar-refractivity contribution in [2.75, 3.05) is 22.6 Å². The van der Waals surface area contributed by atoms with Gasteiger partial charge in [0.2, 0.25) is 5.91 Å². The van der Waals surface area contributed by atoms with E-state index in [9.17, 15) is 9.59 Å². The maximum Gasteiger partial charge on any atom is 0.337 e. The van der Waals surface area contributed by atoms with Crippen molar-refractivity contribution >= 4 is 35.0 Å². The summed E-state index contributed by atoms with van der Waals surface area (Å²) < 4.78 is 0. The lowest BCUT2D eigenvalue weighted by molar-refractivity contribution is -0.117. The summed E-state index contributed by atoms with van der Waals surface area (Å²) in [4.78, 5) is 22.9. The van der Waals surface area contributed by atoms with E-state index in [2.05, 4.69) is 10.6 Å². The Balaban J connectivity index is 2.29. The smallest absolute Gasteiger partial charge is 0.337 e. The Hall–Kier alpha value is -1.69. The Morgan fingerprint density at radius 1 is 1.50 bits per heavy atom. The van der Waals surface area contributed by atoms with Gasteiger partial charge in [-0.25, -0.2) is 4.79 Å². The van der Waals surface area contributed by atoms with Crippen molar-refractivity contribution in [3.63, 3.8) is 0 Å². The molecular weight excluding hydrogens is 252 g/mol. The molecule has 0 spiro atoms. The molecule has 2 rings (SSSR count). The van der Waals surface area contributed by atoms with Crippen LogP contribution in [0.3, 0.4) is 0 Å².